The summed E-state index contributed by atoms with van der Waals surface area (Å²) in [7, 11) is 0. The monoisotopic (exact) mass is 702 g/mol. The zero-order chi connectivity index (χ0) is 32.2. The number of rotatable bonds is 6. The molecule has 0 radical (unpaired) electrons. The van der Waals surface area contributed by atoms with E-state index in [1.165, 1.54) is 94.3 Å². The van der Waals surface area contributed by atoms with Gasteiger partial charge in [0.25, 0.3) is 0 Å². The molecule has 7 fully saturated rings. The highest BCUT2D eigenvalue weighted by Crippen LogP contribution is 2.77. The van der Waals surface area contributed by atoms with E-state index in [0.717, 1.165) is 19.4 Å². The average molecular weight is 704 g/mol. The van der Waals surface area contributed by atoms with Crippen molar-refractivity contribution in [3.8, 4) is 0 Å². The van der Waals surface area contributed by atoms with Gasteiger partial charge in [0.15, 0.2) is 0 Å². The fourth-order valence-electron chi connectivity index (χ4n) is 14.5. The molecule has 6 nitrogen and oxygen atoms in total. The van der Waals surface area contributed by atoms with Gasteiger partial charge in [-0.25, -0.2) is 4.90 Å². The lowest BCUT2D eigenvalue weighted by Gasteiger charge is -2.73. The Bertz CT molecular complexity index is 1240. The molecule has 0 aromatic carbocycles. The van der Waals surface area contributed by atoms with Gasteiger partial charge in [0, 0.05) is 24.7 Å². The molecule has 10 atom stereocenters. The highest BCUT2D eigenvalue weighted by Gasteiger charge is 2.71. The summed E-state index contributed by atoms with van der Waals surface area (Å²) in [5.41, 5.74) is 2.40. The van der Waals surface area contributed by atoms with E-state index in [2.05, 4.69) is 39.5 Å². The molecule has 5 saturated carbocycles. The highest BCUT2D eigenvalue weighted by atomic mass is 79.9. The Morgan fingerprint density at radius 3 is 2.17 bits per heavy atom. The summed E-state index contributed by atoms with van der Waals surface area (Å²) in [6, 6.07) is 0. The lowest BCUT2D eigenvalue weighted by molar-refractivity contribution is -0.904. The van der Waals surface area contributed by atoms with Crippen molar-refractivity contribution in [3.05, 3.63) is 12.2 Å². The van der Waals surface area contributed by atoms with Gasteiger partial charge in [0.05, 0.1) is 32.8 Å². The van der Waals surface area contributed by atoms with Crippen LogP contribution in [0.1, 0.15) is 113 Å². The van der Waals surface area contributed by atoms with Gasteiger partial charge in [-0.05, 0) is 116 Å². The minimum absolute atomic E-state index is 0. The van der Waals surface area contributed by atoms with E-state index in [-0.39, 0.29) is 62.1 Å². The van der Waals surface area contributed by atoms with Crippen LogP contribution in [-0.2, 0) is 19.1 Å². The van der Waals surface area contributed by atoms with Crippen LogP contribution < -0.4 is 17.0 Å². The van der Waals surface area contributed by atoms with Gasteiger partial charge in [0.2, 0.25) is 0 Å². The van der Waals surface area contributed by atoms with Gasteiger partial charge in [-0.1, -0.05) is 41.2 Å². The normalized spacial score (nSPS) is 49.8. The van der Waals surface area contributed by atoms with Gasteiger partial charge in [-0.2, -0.15) is 0 Å². The standard InChI is InChI=1S/C39H63N2O4.BrH/c1-26(23-41-21-19-40(25-41)20-22-41)29-11-16-39(24-44-27(2)42)18-17-37(7)30(34(29)39)9-10-32-36(6)14-13-33(45-28(3)43)35(4,5)31(36)12-15-38(32,37)8;/h29-34H,1,9-25H2,2-8H3;1H/q+1;/p-1/t29-,30?,31?,32?,33-,34?,36-,37+,38+,39+;/m0./s1. The van der Waals surface area contributed by atoms with Crippen molar-refractivity contribution < 1.29 is 40.5 Å². The second-order valence-corrected chi connectivity index (χ2v) is 18.8. The van der Waals surface area contributed by atoms with Gasteiger partial charge in [-0.3, -0.25) is 9.59 Å². The summed E-state index contributed by atoms with van der Waals surface area (Å²) in [6.45, 7) is 28.9. The van der Waals surface area contributed by atoms with Gasteiger partial charge in [0.1, 0.15) is 19.3 Å². The predicted octanol–water partition coefficient (Wildman–Crippen LogP) is 4.23. The van der Waals surface area contributed by atoms with Crippen molar-refractivity contribution >= 4 is 11.9 Å². The third-order valence-corrected chi connectivity index (χ3v) is 16.8. The van der Waals surface area contributed by atoms with E-state index in [1.54, 1.807) is 13.8 Å². The third kappa shape index (κ3) is 4.95. The smallest absolute Gasteiger partial charge is 0.302 e. The van der Waals surface area contributed by atoms with E-state index in [1.807, 2.05) is 0 Å². The van der Waals surface area contributed by atoms with Crippen molar-refractivity contribution in [2.45, 2.75) is 119 Å². The summed E-state index contributed by atoms with van der Waals surface area (Å²) < 4.78 is 13.2. The molecule has 2 saturated heterocycles. The Labute approximate surface area is 290 Å². The van der Waals surface area contributed by atoms with E-state index >= 15 is 0 Å². The molecule has 4 unspecified atom stereocenters. The van der Waals surface area contributed by atoms with E-state index in [0.29, 0.717) is 36.2 Å². The lowest BCUT2D eigenvalue weighted by atomic mass is 9.32. The minimum Gasteiger partial charge on any atom is -1.00 e. The van der Waals surface area contributed by atoms with Crippen LogP contribution in [0.2, 0.25) is 0 Å². The van der Waals surface area contributed by atoms with Crippen molar-refractivity contribution in [2.24, 2.45) is 56.7 Å². The molecule has 0 aromatic rings. The molecule has 0 spiro atoms. The lowest BCUT2D eigenvalue weighted by Crippen LogP contribution is -3.00. The number of ether oxygens (including phenoxy) is 2. The molecular formula is C39H63BrN2O4. The number of carbonyl (C=O) groups excluding carboxylic acids is 2. The van der Waals surface area contributed by atoms with E-state index < -0.39 is 0 Å². The largest absolute Gasteiger partial charge is 1.00 e. The maximum absolute atomic E-state index is 12.2. The van der Waals surface area contributed by atoms with Gasteiger partial charge < -0.3 is 30.9 Å². The quantitative estimate of drug-likeness (QED) is 0.236. The molecule has 260 valence electrons. The molecule has 0 aromatic heterocycles. The van der Waals surface area contributed by atoms with Crippen LogP contribution in [0.3, 0.4) is 0 Å². The van der Waals surface area contributed by atoms with Crippen LogP contribution in [0.15, 0.2) is 12.2 Å². The molecule has 0 N–H and O–H groups in total. The van der Waals surface area contributed by atoms with Crippen LogP contribution in [0, 0.1) is 56.7 Å². The van der Waals surface area contributed by atoms with Crippen molar-refractivity contribution in [3.63, 3.8) is 0 Å². The maximum Gasteiger partial charge on any atom is 0.302 e. The molecule has 46 heavy (non-hydrogen) atoms. The number of quaternary nitrogens is 1. The SMILES string of the molecule is C=C(C[N+]12CCN(CC1)C2)[C@@H]1CC[C@]2(COC(C)=O)CC[C@]3(C)C(CCC4[C@@]5(C)CC[C@H](OC(C)=O)C(C)(C)C5CC[C@]43C)C12.[Br-]. The number of hydrogen-bond acceptors (Lipinski definition) is 5. The highest BCUT2D eigenvalue weighted by molar-refractivity contribution is 5.66. The summed E-state index contributed by atoms with van der Waals surface area (Å²) >= 11 is 0. The molecule has 7 aliphatic rings. The van der Waals surface area contributed by atoms with Gasteiger partial charge in [-0.15, -0.1) is 0 Å². The van der Waals surface area contributed by atoms with E-state index in [9.17, 15) is 9.59 Å². The fourth-order valence-corrected chi connectivity index (χ4v) is 14.5. The third-order valence-electron chi connectivity index (χ3n) is 16.8. The molecule has 5 aliphatic carbocycles. The number of halogens is 1. The minimum atomic E-state index is -0.130. The Balaban J connectivity index is 0.00000372. The number of piperazine rings is 1. The van der Waals surface area contributed by atoms with Crippen molar-refractivity contribution in [1.82, 2.24) is 4.90 Å². The number of hydrogen-bond donors (Lipinski definition) is 0. The average Bonchev–Trinajstić information content (AvgIpc) is 3.67. The number of carbonyl (C=O) groups is 2. The second-order valence-electron chi connectivity index (χ2n) is 18.8. The van der Waals surface area contributed by atoms with Gasteiger partial charge >= 0.3 is 11.9 Å². The first-order valence-corrected chi connectivity index (χ1v) is 18.7. The molecule has 2 bridgehead atoms. The Hall–Kier alpha value is -0.920. The van der Waals surface area contributed by atoms with Crippen LogP contribution >= 0.6 is 0 Å². The zero-order valence-electron chi connectivity index (χ0n) is 30.1. The number of nitrogens with zero attached hydrogens (tertiary/aromatic N) is 2. The molecule has 7 rings (SSSR count). The maximum atomic E-state index is 12.2. The second kappa shape index (κ2) is 11.6. The van der Waals surface area contributed by atoms with Crippen molar-refractivity contribution in [2.75, 3.05) is 46.0 Å². The summed E-state index contributed by atoms with van der Waals surface area (Å²) in [5, 5.41) is 0. The molecular weight excluding hydrogens is 640 g/mol. The number of esters is 2. The summed E-state index contributed by atoms with van der Waals surface area (Å²) in [6.07, 6.45) is 12.1. The number of fused-ring (bicyclic) bond motifs is 9. The molecule has 0 amide bonds. The predicted molar refractivity (Wildman–Crippen MR) is 177 cm³/mol. The van der Waals surface area contributed by atoms with Crippen LogP contribution in [0.5, 0.6) is 0 Å². The van der Waals surface area contributed by atoms with Crippen LogP contribution in [0.4, 0.5) is 0 Å². The van der Waals surface area contributed by atoms with Crippen LogP contribution in [0.25, 0.3) is 0 Å². The fraction of sp³-hybridized carbons (Fsp3) is 0.897. The Kier molecular flexibility index (Phi) is 8.79. The first kappa shape index (κ1) is 34.9. The first-order chi connectivity index (χ1) is 21.1. The molecule has 2 heterocycles. The Morgan fingerprint density at radius 2 is 1.54 bits per heavy atom. The van der Waals surface area contributed by atoms with E-state index in [4.69, 9.17) is 16.1 Å². The molecule has 7 heteroatoms. The summed E-state index contributed by atoms with van der Waals surface area (Å²) in [5.74, 6) is 2.74. The first-order valence-electron chi connectivity index (χ1n) is 18.7. The van der Waals surface area contributed by atoms with Crippen molar-refractivity contribution in [1.29, 1.82) is 0 Å². The Morgan fingerprint density at radius 1 is 0.826 bits per heavy atom. The molecule has 2 aliphatic heterocycles. The topological polar surface area (TPSA) is 55.8 Å². The summed E-state index contributed by atoms with van der Waals surface area (Å²) in [4.78, 5) is 26.9. The zero-order valence-corrected chi connectivity index (χ0v) is 31.7. The van der Waals surface area contributed by atoms with Crippen LogP contribution in [-0.4, -0.2) is 73.4 Å².